The third kappa shape index (κ3) is 4.41. The van der Waals surface area contributed by atoms with Crippen LogP contribution in [0.1, 0.15) is 33.9 Å². The average Bonchev–Trinajstić information content (AvgIpc) is 3.35. The highest BCUT2D eigenvalue weighted by Gasteiger charge is 2.20. The first-order valence-corrected chi connectivity index (χ1v) is 12.4. The number of nitrogens with one attached hydrogen (secondary N) is 1. The molecule has 2 heterocycles. The van der Waals surface area contributed by atoms with Gasteiger partial charge in [0.2, 0.25) is 10.0 Å². The highest BCUT2D eigenvalue weighted by atomic mass is 32.2. The quantitative estimate of drug-likeness (QED) is 0.441. The van der Waals surface area contributed by atoms with Gasteiger partial charge in [0.15, 0.2) is 0 Å². The van der Waals surface area contributed by atoms with Gasteiger partial charge in [-0.1, -0.05) is 12.1 Å². The van der Waals surface area contributed by atoms with E-state index in [1.54, 1.807) is 35.0 Å². The van der Waals surface area contributed by atoms with E-state index in [9.17, 15) is 17.6 Å². The molecule has 172 valence electrons. The second-order valence-corrected chi connectivity index (χ2v) is 11.0. The van der Waals surface area contributed by atoms with Gasteiger partial charge in [-0.25, -0.2) is 21.8 Å². The number of sulfonamides is 1. The molecule has 2 aromatic carbocycles. The zero-order valence-electron chi connectivity index (χ0n) is 18.5. The van der Waals surface area contributed by atoms with Gasteiger partial charge in [-0.2, -0.15) is 5.10 Å². The van der Waals surface area contributed by atoms with Gasteiger partial charge >= 0.3 is 0 Å². The standard InChI is InChI=1S/C23H23FN4O3S2/c1-14(16-5-11-19(12-6-16)33(30,31)27(3)4)25-22(29)21-13-20-15(2)26-28(23(20)32-21)18-9-7-17(24)8-10-18/h5-14H,1-4H3,(H,25,29). The average molecular weight is 487 g/mol. The van der Waals surface area contributed by atoms with Crippen LogP contribution >= 0.6 is 11.3 Å². The van der Waals surface area contributed by atoms with E-state index in [0.29, 0.717) is 10.6 Å². The van der Waals surface area contributed by atoms with Crippen LogP contribution in [-0.2, 0) is 10.0 Å². The fraction of sp³-hybridized carbons (Fsp3) is 0.217. The van der Waals surface area contributed by atoms with E-state index >= 15 is 0 Å². The predicted octanol–water partition coefficient (Wildman–Crippen LogP) is 4.28. The van der Waals surface area contributed by atoms with Crippen LogP contribution < -0.4 is 5.32 Å². The Morgan fingerprint density at radius 2 is 1.76 bits per heavy atom. The minimum Gasteiger partial charge on any atom is -0.345 e. The topological polar surface area (TPSA) is 84.3 Å². The van der Waals surface area contributed by atoms with E-state index in [2.05, 4.69) is 10.4 Å². The second-order valence-electron chi connectivity index (χ2n) is 7.85. The number of rotatable bonds is 6. The molecule has 1 atom stereocenters. The largest absolute Gasteiger partial charge is 0.345 e. The van der Waals surface area contributed by atoms with Gasteiger partial charge in [0.25, 0.3) is 5.91 Å². The Labute approximate surface area is 195 Å². The van der Waals surface area contributed by atoms with Crippen molar-refractivity contribution in [2.24, 2.45) is 0 Å². The van der Waals surface area contributed by atoms with Crippen molar-refractivity contribution < 1.29 is 17.6 Å². The van der Waals surface area contributed by atoms with E-state index in [1.807, 2.05) is 13.8 Å². The summed E-state index contributed by atoms with van der Waals surface area (Å²) in [5, 5.41) is 8.34. The first-order valence-electron chi connectivity index (χ1n) is 10.2. The molecular formula is C23H23FN4O3S2. The lowest BCUT2D eigenvalue weighted by Gasteiger charge is -2.15. The van der Waals surface area contributed by atoms with Crippen molar-refractivity contribution in [1.82, 2.24) is 19.4 Å². The third-order valence-corrected chi connectivity index (χ3v) is 8.28. The van der Waals surface area contributed by atoms with Gasteiger partial charge in [-0.3, -0.25) is 4.79 Å². The number of aromatic nitrogens is 2. The van der Waals surface area contributed by atoms with E-state index < -0.39 is 10.0 Å². The molecule has 0 aliphatic rings. The van der Waals surface area contributed by atoms with Crippen LogP contribution in [0.4, 0.5) is 4.39 Å². The molecule has 1 amide bonds. The lowest BCUT2D eigenvalue weighted by molar-refractivity contribution is 0.0944. The fourth-order valence-corrected chi connectivity index (χ4v) is 5.39. The van der Waals surface area contributed by atoms with Gasteiger partial charge in [-0.15, -0.1) is 11.3 Å². The van der Waals surface area contributed by atoms with E-state index in [0.717, 1.165) is 25.8 Å². The van der Waals surface area contributed by atoms with Gasteiger partial charge < -0.3 is 5.32 Å². The van der Waals surface area contributed by atoms with Crippen molar-refractivity contribution in [2.75, 3.05) is 14.1 Å². The minimum absolute atomic E-state index is 0.195. The monoisotopic (exact) mass is 486 g/mol. The van der Waals surface area contributed by atoms with Crippen molar-refractivity contribution in [1.29, 1.82) is 0 Å². The summed E-state index contributed by atoms with van der Waals surface area (Å²) in [6.07, 6.45) is 0. The fourth-order valence-electron chi connectivity index (χ4n) is 3.41. The second kappa shape index (κ2) is 8.69. The highest BCUT2D eigenvalue weighted by Crippen LogP contribution is 2.31. The van der Waals surface area contributed by atoms with Crippen LogP contribution in [0.5, 0.6) is 0 Å². The SMILES string of the molecule is Cc1nn(-c2ccc(F)cc2)c2sc(C(=O)NC(C)c3ccc(S(=O)(=O)N(C)C)cc3)cc12. The summed E-state index contributed by atoms with van der Waals surface area (Å²) in [7, 11) is -0.548. The number of hydrogen-bond acceptors (Lipinski definition) is 5. The Morgan fingerprint density at radius 1 is 1.12 bits per heavy atom. The third-order valence-electron chi connectivity index (χ3n) is 5.35. The Hall–Kier alpha value is -3.08. The molecule has 1 N–H and O–H groups in total. The zero-order valence-corrected chi connectivity index (χ0v) is 20.2. The van der Waals surface area contributed by atoms with Crippen molar-refractivity contribution in [3.8, 4) is 5.69 Å². The summed E-state index contributed by atoms with van der Waals surface area (Å²) in [5.41, 5.74) is 2.27. The van der Waals surface area contributed by atoms with Crippen molar-refractivity contribution in [3.05, 3.63) is 76.5 Å². The first-order chi connectivity index (χ1) is 15.6. The molecule has 0 saturated heterocycles. The molecule has 0 radical (unpaired) electrons. The highest BCUT2D eigenvalue weighted by molar-refractivity contribution is 7.89. The van der Waals surface area contributed by atoms with E-state index in [-0.39, 0.29) is 22.7 Å². The van der Waals surface area contributed by atoms with E-state index in [1.165, 1.54) is 49.7 Å². The molecule has 1 unspecified atom stereocenters. The maximum absolute atomic E-state index is 13.3. The molecule has 4 rings (SSSR count). The molecule has 0 saturated carbocycles. The van der Waals surface area contributed by atoms with Crippen LogP contribution in [-0.4, -0.2) is 42.5 Å². The van der Waals surface area contributed by atoms with Crippen LogP contribution in [0.15, 0.2) is 59.5 Å². The van der Waals surface area contributed by atoms with Crippen LogP contribution in [0, 0.1) is 12.7 Å². The molecule has 0 aliphatic carbocycles. The van der Waals surface area contributed by atoms with Gasteiger partial charge in [0.05, 0.1) is 27.2 Å². The number of carbonyl (C=O) groups is 1. The minimum atomic E-state index is -3.51. The number of benzene rings is 2. The lowest BCUT2D eigenvalue weighted by atomic mass is 10.1. The molecule has 4 aromatic rings. The first kappa shape index (κ1) is 23.1. The van der Waals surface area contributed by atoms with Crippen molar-refractivity contribution in [3.63, 3.8) is 0 Å². The lowest BCUT2D eigenvalue weighted by Crippen LogP contribution is -2.26. The van der Waals surface area contributed by atoms with Crippen molar-refractivity contribution >= 4 is 37.5 Å². The molecular weight excluding hydrogens is 463 g/mol. The van der Waals surface area contributed by atoms with Crippen LogP contribution in [0.2, 0.25) is 0 Å². The Bertz CT molecular complexity index is 1420. The van der Waals surface area contributed by atoms with Crippen LogP contribution in [0.3, 0.4) is 0 Å². The van der Waals surface area contributed by atoms with Gasteiger partial charge in [0, 0.05) is 19.5 Å². The Balaban J connectivity index is 1.55. The summed E-state index contributed by atoms with van der Waals surface area (Å²) in [4.78, 5) is 14.5. The van der Waals surface area contributed by atoms with Crippen molar-refractivity contribution in [2.45, 2.75) is 24.8 Å². The number of amides is 1. The smallest absolute Gasteiger partial charge is 0.261 e. The van der Waals surface area contributed by atoms with Gasteiger partial charge in [0.1, 0.15) is 10.6 Å². The molecule has 0 bridgehead atoms. The molecule has 7 nitrogen and oxygen atoms in total. The predicted molar refractivity (Wildman–Crippen MR) is 127 cm³/mol. The maximum atomic E-state index is 13.3. The number of fused-ring (bicyclic) bond motifs is 1. The summed E-state index contributed by atoms with van der Waals surface area (Å²) in [6, 6.07) is 14.0. The maximum Gasteiger partial charge on any atom is 0.261 e. The molecule has 0 fully saturated rings. The summed E-state index contributed by atoms with van der Waals surface area (Å²) >= 11 is 1.31. The number of thiophene rings is 1. The molecule has 0 aliphatic heterocycles. The molecule has 0 spiro atoms. The number of hydrogen-bond donors (Lipinski definition) is 1. The molecule has 2 aromatic heterocycles. The zero-order chi connectivity index (χ0) is 23.9. The summed E-state index contributed by atoms with van der Waals surface area (Å²) < 4.78 is 40.6. The van der Waals surface area contributed by atoms with E-state index in [4.69, 9.17) is 0 Å². The number of aryl methyl sites for hydroxylation is 1. The van der Waals surface area contributed by atoms with Gasteiger partial charge in [-0.05, 0) is 61.9 Å². The normalized spacial score (nSPS) is 12.9. The Morgan fingerprint density at radius 3 is 2.36 bits per heavy atom. The van der Waals surface area contributed by atoms with Crippen LogP contribution in [0.25, 0.3) is 15.9 Å². The number of nitrogens with zero attached hydrogens (tertiary/aromatic N) is 3. The Kier molecular flexibility index (Phi) is 6.08. The summed E-state index contributed by atoms with van der Waals surface area (Å²) in [5.74, 6) is -0.565. The number of halogens is 1. The summed E-state index contributed by atoms with van der Waals surface area (Å²) in [6.45, 7) is 3.70. The number of carbonyl (C=O) groups excluding carboxylic acids is 1. The molecule has 10 heteroatoms. The molecule has 33 heavy (non-hydrogen) atoms.